The number of allylic oxidation sites excluding steroid dienone is 8. The van der Waals surface area contributed by atoms with E-state index in [1.54, 1.807) is 0 Å². The number of rotatable bonds is 2. The van der Waals surface area contributed by atoms with Gasteiger partial charge in [-0.1, -0.05) is 0 Å². The van der Waals surface area contributed by atoms with Crippen molar-refractivity contribution in [1.29, 1.82) is 0 Å². The van der Waals surface area contributed by atoms with E-state index in [1.807, 2.05) is 61.4 Å². The second-order valence-corrected chi connectivity index (χ2v) is 11.5. The molecule has 8 rings (SSSR count). The van der Waals surface area contributed by atoms with Crippen LogP contribution in [0.25, 0.3) is 11.4 Å². The summed E-state index contributed by atoms with van der Waals surface area (Å²) in [5.41, 5.74) is 7.23. The van der Waals surface area contributed by atoms with Gasteiger partial charge in [0.15, 0.2) is 0 Å². The molecule has 4 heterocycles. The van der Waals surface area contributed by atoms with Crippen LogP contribution in [-0.4, -0.2) is 33.0 Å². The van der Waals surface area contributed by atoms with Crippen LogP contribution in [0.1, 0.15) is 46.7 Å². The third-order valence-electron chi connectivity index (χ3n) is 7.81. The van der Waals surface area contributed by atoms with Gasteiger partial charge < -0.3 is 9.13 Å². The topological polar surface area (TPSA) is 16.3 Å². The maximum absolute atomic E-state index is 13.8. The molecule has 0 spiro atoms. The second kappa shape index (κ2) is 16.4. The van der Waals surface area contributed by atoms with E-state index in [0.29, 0.717) is 11.4 Å². The van der Waals surface area contributed by atoms with Crippen molar-refractivity contribution in [2.24, 2.45) is 0 Å². The molecule has 0 fully saturated rings. The third-order valence-corrected chi connectivity index (χ3v) is 7.81. The van der Waals surface area contributed by atoms with Crippen molar-refractivity contribution in [2.45, 2.75) is 52.9 Å². The van der Waals surface area contributed by atoms with E-state index in [4.69, 9.17) is 0 Å². The van der Waals surface area contributed by atoms with Gasteiger partial charge in [0.1, 0.15) is 0 Å². The largest absolute Gasteiger partial charge is 4.00 e. The Morgan fingerprint density at radius 2 is 1.00 bits per heavy atom. The zero-order chi connectivity index (χ0) is 32.8. The molecule has 47 heavy (non-hydrogen) atoms. The molecule has 0 radical (unpaired) electrons. The van der Waals surface area contributed by atoms with Crippen LogP contribution >= 0.6 is 0 Å². The predicted molar refractivity (Wildman–Crippen MR) is 172 cm³/mol. The Balaban J connectivity index is 0.000000162. The number of benzene rings is 2. The van der Waals surface area contributed by atoms with Gasteiger partial charge in [-0.3, -0.25) is 22.0 Å². The van der Waals surface area contributed by atoms with E-state index < -0.39 is 23.3 Å². The van der Waals surface area contributed by atoms with Crippen molar-refractivity contribution in [3.63, 3.8) is 0 Å². The van der Waals surface area contributed by atoms with Crippen LogP contribution in [0.15, 0.2) is 72.9 Å². The van der Waals surface area contributed by atoms with Crippen molar-refractivity contribution < 1.29 is 39.3 Å². The van der Waals surface area contributed by atoms with Crippen molar-refractivity contribution >= 4 is 0 Å². The molecule has 4 nitrogen and oxygen atoms in total. The molecule has 0 amide bonds. The Morgan fingerprint density at radius 1 is 0.596 bits per heavy atom. The van der Waals surface area contributed by atoms with Gasteiger partial charge in [-0.15, -0.1) is 49.2 Å². The van der Waals surface area contributed by atoms with Gasteiger partial charge in [0.25, 0.3) is 0 Å². The van der Waals surface area contributed by atoms with Crippen molar-refractivity contribution in [2.75, 3.05) is 14.1 Å². The number of halogens is 4. The molecular formula is C38H36F4N4Ti. The fourth-order valence-electron chi connectivity index (χ4n) is 5.90. The summed E-state index contributed by atoms with van der Waals surface area (Å²) in [7, 11) is 4.04. The first-order valence-electron chi connectivity index (χ1n) is 15.1. The van der Waals surface area contributed by atoms with E-state index in [9.17, 15) is 17.6 Å². The summed E-state index contributed by atoms with van der Waals surface area (Å²) in [5.74, 6) is -2.64. The van der Waals surface area contributed by atoms with E-state index in [1.165, 1.54) is 35.4 Å². The SMILES string of the molecule is Cc1cc2c(n1-c1ccc(F)[c-]c1F)CN(C)C2.Cc1cc2c(n1-c1ccc(F)[c-]c1F)CN(C)C2.[C-]1=CC=CC1.[C-]1=CC=CC1.[Ti+4]. The Hall–Kier alpha value is -3.69. The van der Waals surface area contributed by atoms with Crippen LogP contribution in [0.5, 0.6) is 0 Å². The predicted octanol–water partition coefficient (Wildman–Crippen LogP) is 8.23. The minimum Gasteiger partial charge on any atom is -0.368 e. The number of nitrogens with zero attached hydrogens (tertiary/aromatic N) is 4. The average Bonchev–Trinajstić information content (AvgIpc) is 3.84. The Kier molecular flexibility index (Phi) is 12.6. The zero-order valence-corrected chi connectivity index (χ0v) is 28.5. The van der Waals surface area contributed by atoms with Crippen LogP contribution in [0.2, 0.25) is 0 Å². The smallest absolute Gasteiger partial charge is 0.368 e. The molecular weight excluding hydrogens is 636 g/mol. The molecule has 0 N–H and O–H groups in total. The first-order chi connectivity index (χ1) is 22.1. The normalized spacial score (nSPS) is 15.3. The van der Waals surface area contributed by atoms with Crippen LogP contribution in [-0.2, 0) is 47.9 Å². The number of hydrogen-bond donors (Lipinski definition) is 0. The van der Waals surface area contributed by atoms with E-state index in [2.05, 4.69) is 58.4 Å². The van der Waals surface area contributed by atoms with Gasteiger partial charge in [0, 0.05) is 72.2 Å². The minimum atomic E-state index is -0.671. The first-order valence-corrected chi connectivity index (χ1v) is 15.1. The maximum atomic E-state index is 13.8. The molecule has 4 aromatic rings. The van der Waals surface area contributed by atoms with E-state index in [-0.39, 0.29) is 21.7 Å². The minimum absolute atomic E-state index is 0. The summed E-state index contributed by atoms with van der Waals surface area (Å²) >= 11 is 0. The first kappa shape index (κ1) is 36.2. The third kappa shape index (κ3) is 8.82. The molecule has 4 aliphatic rings. The van der Waals surface area contributed by atoms with Crippen LogP contribution in [0.3, 0.4) is 0 Å². The number of aryl methyl sites for hydroxylation is 2. The standard InChI is InChI=1S/2C14H13F2N2.2C5H5.Ti/c2*1-9-5-10-7-17(2)8-14(10)18(9)13-4-3-11(15)6-12(13)16;2*1-2-4-5-3-1;/h2*3-5H,7-8H2,1-2H3;2*1-3H,4H2;/q4*-1;+4. The van der Waals surface area contributed by atoms with Crippen molar-refractivity contribution in [3.05, 3.63) is 154 Å². The molecule has 2 aromatic heterocycles. The van der Waals surface area contributed by atoms with Gasteiger partial charge in [0.05, 0.1) is 0 Å². The van der Waals surface area contributed by atoms with Gasteiger partial charge in [-0.2, -0.15) is 12.2 Å². The summed E-state index contributed by atoms with van der Waals surface area (Å²) < 4.78 is 57.2. The quantitative estimate of drug-likeness (QED) is 0.121. The van der Waals surface area contributed by atoms with Gasteiger partial charge in [-0.05, 0) is 62.6 Å². The summed E-state index contributed by atoms with van der Waals surface area (Å²) in [6, 6.07) is 13.7. The van der Waals surface area contributed by atoms with Crippen molar-refractivity contribution in [1.82, 2.24) is 18.9 Å². The molecule has 240 valence electrons. The number of aromatic nitrogens is 2. The van der Waals surface area contributed by atoms with Crippen LogP contribution in [0.4, 0.5) is 17.6 Å². The van der Waals surface area contributed by atoms with Gasteiger partial charge in [0.2, 0.25) is 0 Å². The molecule has 0 saturated carbocycles. The van der Waals surface area contributed by atoms with Gasteiger partial charge >= 0.3 is 21.7 Å². The summed E-state index contributed by atoms with van der Waals surface area (Å²) in [6.07, 6.45) is 20.0. The molecule has 0 atom stereocenters. The number of fused-ring (bicyclic) bond motifs is 2. The summed E-state index contributed by atoms with van der Waals surface area (Å²) in [6.45, 7) is 7.16. The molecule has 2 aromatic carbocycles. The monoisotopic (exact) mass is 672 g/mol. The summed E-state index contributed by atoms with van der Waals surface area (Å²) in [4.78, 5) is 4.32. The molecule has 0 saturated heterocycles. The Bertz CT molecular complexity index is 1660. The van der Waals surface area contributed by atoms with Crippen molar-refractivity contribution in [3.8, 4) is 11.4 Å². The molecule has 2 aliphatic heterocycles. The summed E-state index contributed by atoms with van der Waals surface area (Å²) in [5, 5.41) is 0. The zero-order valence-electron chi connectivity index (χ0n) is 27.0. The molecule has 0 unspecified atom stereocenters. The Morgan fingerprint density at radius 3 is 1.30 bits per heavy atom. The average molecular weight is 673 g/mol. The van der Waals surface area contributed by atoms with E-state index >= 15 is 0 Å². The fourth-order valence-corrected chi connectivity index (χ4v) is 5.90. The van der Waals surface area contributed by atoms with Crippen LogP contribution in [0, 0.1) is 61.4 Å². The fraction of sp³-hybridized carbons (Fsp3) is 0.263. The van der Waals surface area contributed by atoms with E-state index in [0.717, 1.165) is 61.8 Å². The second-order valence-electron chi connectivity index (χ2n) is 11.5. The van der Waals surface area contributed by atoms with Gasteiger partial charge in [-0.25, -0.2) is 41.9 Å². The molecule has 2 aliphatic carbocycles. The molecule has 0 bridgehead atoms. The Labute approximate surface area is 289 Å². The van der Waals surface area contributed by atoms with Crippen LogP contribution < -0.4 is 0 Å². The molecule has 9 heteroatoms. The maximum Gasteiger partial charge on any atom is 4.00 e. The number of hydrogen-bond acceptors (Lipinski definition) is 2.